The van der Waals surface area contributed by atoms with Crippen molar-refractivity contribution in [3.63, 3.8) is 0 Å². The third-order valence-corrected chi connectivity index (χ3v) is 3.97. The number of benzene rings is 2. The molecule has 0 aliphatic rings. The number of halogens is 1. The van der Waals surface area contributed by atoms with Crippen LogP contribution >= 0.6 is 15.9 Å². The molecular formula is C18H21BrO. The summed E-state index contributed by atoms with van der Waals surface area (Å²) in [4.78, 5) is 0. The lowest BCUT2D eigenvalue weighted by molar-refractivity contribution is 0.301. The lowest BCUT2D eigenvalue weighted by atomic mass is 10.0. The van der Waals surface area contributed by atoms with Crippen molar-refractivity contribution in [3.8, 4) is 5.75 Å². The Labute approximate surface area is 130 Å². The number of rotatable bonds is 4. The number of hydrogen-bond donors (Lipinski definition) is 0. The maximum absolute atomic E-state index is 6.05. The molecule has 0 aliphatic heterocycles. The molecule has 2 rings (SSSR count). The average molecular weight is 333 g/mol. The first-order valence-corrected chi connectivity index (χ1v) is 7.75. The first kappa shape index (κ1) is 15.1. The van der Waals surface area contributed by atoms with Crippen LogP contribution in [-0.2, 0) is 6.61 Å². The molecule has 0 saturated heterocycles. The minimum absolute atomic E-state index is 0.445. The summed E-state index contributed by atoms with van der Waals surface area (Å²) in [6.07, 6.45) is 0. The molecule has 0 heterocycles. The fourth-order valence-electron chi connectivity index (χ4n) is 2.21. The van der Waals surface area contributed by atoms with Crippen molar-refractivity contribution < 1.29 is 4.74 Å². The predicted molar refractivity (Wildman–Crippen MR) is 88.5 cm³/mol. The summed E-state index contributed by atoms with van der Waals surface area (Å²) in [7, 11) is 0. The number of hydrogen-bond acceptors (Lipinski definition) is 1. The van der Waals surface area contributed by atoms with Crippen LogP contribution in [0.3, 0.4) is 0 Å². The van der Waals surface area contributed by atoms with Crippen molar-refractivity contribution in [2.24, 2.45) is 0 Å². The van der Waals surface area contributed by atoms with Gasteiger partial charge in [0.2, 0.25) is 0 Å². The van der Waals surface area contributed by atoms with Crippen molar-refractivity contribution >= 4 is 15.9 Å². The maximum Gasteiger partial charge on any atom is 0.123 e. The molecule has 0 fully saturated rings. The Morgan fingerprint density at radius 2 is 1.80 bits per heavy atom. The zero-order valence-electron chi connectivity index (χ0n) is 12.5. The largest absolute Gasteiger partial charge is 0.489 e. The molecule has 106 valence electrons. The van der Waals surface area contributed by atoms with Gasteiger partial charge in [-0.3, -0.25) is 0 Å². The highest BCUT2D eigenvalue weighted by atomic mass is 79.9. The van der Waals surface area contributed by atoms with Crippen molar-refractivity contribution in [1.29, 1.82) is 0 Å². The van der Waals surface area contributed by atoms with Gasteiger partial charge in [0.1, 0.15) is 12.4 Å². The van der Waals surface area contributed by atoms with Crippen LogP contribution in [0.2, 0.25) is 0 Å². The van der Waals surface area contributed by atoms with E-state index in [9.17, 15) is 0 Å². The van der Waals surface area contributed by atoms with Gasteiger partial charge in [-0.15, -0.1) is 0 Å². The molecule has 0 aliphatic carbocycles. The second-order valence-corrected chi connectivity index (χ2v) is 6.47. The Hall–Kier alpha value is -1.28. The molecule has 20 heavy (non-hydrogen) atoms. The van der Waals surface area contributed by atoms with E-state index < -0.39 is 0 Å². The van der Waals surface area contributed by atoms with E-state index in [1.54, 1.807) is 0 Å². The van der Waals surface area contributed by atoms with Gasteiger partial charge in [-0.25, -0.2) is 0 Å². The Bertz CT molecular complexity index is 602. The molecular weight excluding hydrogens is 312 g/mol. The molecule has 0 saturated carbocycles. The first-order chi connectivity index (χ1) is 9.47. The van der Waals surface area contributed by atoms with Gasteiger partial charge in [0.05, 0.1) is 0 Å². The second-order valence-electron chi connectivity index (χ2n) is 5.56. The predicted octanol–water partition coefficient (Wildman–Crippen LogP) is 5.77. The Morgan fingerprint density at radius 1 is 1.05 bits per heavy atom. The van der Waals surface area contributed by atoms with Gasteiger partial charge >= 0.3 is 0 Å². The zero-order valence-corrected chi connectivity index (χ0v) is 14.1. The number of aryl methyl sites for hydroxylation is 2. The lowest BCUT2D eigenvalue weighted by Crippen LogP contribution is -2.01. The van der Waals surface area contributed by atoms with Crippen LogP contribution in [0, 0.1) is 13.8 Å². The summed E-state index contributed by atoms with van der Waals surface area (Å²) in [6, 6.07) is 12.7. The molecule has 2 aromatic carbocycles. The van der Waals surface area contributed by atoms with Gasteiger partial charge in [-0.1, -0.05) is 53.5 Å². The van der Waals surface area contributed by atoms with Crippen LogP contribution in [0.4, 0.5) is 0 Å². The molecule has 0 spiro atoms. The minimum Gasteiger partial charge on any atom is -0.489 e. The zero-order chi connectivity index (χ0) is 14.7. The van der Waals surface area contributed by atoms with E-state index in [2.05, 4.69) is 67.9 Å². The average Bonchev–Trinajstić information content (AvgIpc) is 2.40. The van der Waals surface area contributed by atoms with E-state index in [0.717, 1.165) is 10.2 Å². The molecule has 0 atom stereocenters. The number of ether oxygens (including phenoxy) is 1. The minimum atomic E-state index is 0.445. The SMILES string of the molecule is Cc1ccc(C)c(COc2ccc(Br)cc2C(C)C)c1. The smallest absolute Gasteiger partial charge is 0.123 e. The Morgan fingerprint density at radius 3 is 2.50 bits per heavy atom. The van der Waals surface area contributed by atoms with E-state index in [-0.39, 0.29) is 0 Å². The third kappa shape index (κ3) is 3.63. The standard InChI is InChI=1S/C18H21BrO/c1-12(2)17-10-16(19)7-8-18(17)20-11-15-9-13(3)5-6-14(15)4/h5-10,12H,11H2,1-4H3. The molecule has 0 radical (unpaired) electrons. The van der Waals surface area contributed by atoms with E-state index in [4.69, 9.17) is 4.74 Å². The lowest BCUT2D eigenvalue weighted by Gasteiger charge is -2.15. The molecule has 0 aromatic heterocycles. The summed E-state index contributed by atoms with van der Waals surface area (Å²) in [6.45, 7) is 9.24. The normalized spacial score (nSPS) is 10.9. The van der Waals surface area contributed by atoms with Crippen LogP contribution in [0.25, 0.3) is 0 Å². The summed E-state index contributed by atoms with van der Waals surface area (Å²) in [5.74, 6) is 1.42. The summed E-state index contributed by atoms with van der Waals surface area (Å²) < 4.78 is 7.15. The first-order valence-electron chi connectivity index (χ1n) is 6.95. The summed E-state index contributed by atoms with van der Waals surface area (Å²) >= 11 is 3.53. The molecule has 2 aromatic rings. The summed E-state index contributed by atoms with van der Waals surface area (Å²) in [5, 5.41) is 0. The van der Waals surface area contributed by atoms with Crippen molar-refractivity contribution in [2.75, 3.05) is 0 Å². The second kappa shape index (κ2) is 6.45. The monoisotopic (exact) mass is 332 g/mol. The van der Waals surface area contributed by atoms with Gasteiger partial charge in [0.15, 0.2) is 0 Å². The van der Waals surface area contributed by atoms with Gasteiger partial charge in [-0.05, 0) is 54.7 Å². The van der Waals surface area contributed by atoms with Gasteiger partial charge < -0.3 is 4.74 Å². The molecule has 0 bridgehead atoms. The molecule has 0 amide bonds. The van der Waals surface area contributed by atoms with Crippen LogP contribution in [0.1, 0.15) is 42.0 Å². The molecule has 1 nitrogen and oxygen atoms in total. The van der Waals surface area contributed by atoms with Crippen molar-refractivity contribution in [2.45, 2.75) is 40.2 Å². The maximum atomic E-state index is 6.05. The molecule has 0 N–H and O–H groups in total. The molecule has 2 heteroatoms. The quantitative estimate of drug-likeness (QED) is 0.690. The Balaban J connectivity index is 2.20. The van der Waals surface area contributed by atoms with Crippen LogP contribution in [-0.4, -0.2) is 0 Å². The highest BCUT2D eigenvalue weighted by Crippen LogP contribution is 2.30. The highest BCUT2D eigenvalue weighted by Gasteiger charge is 2.09. The van der Waals surface area contributed by atoms with Crippen molar-refractivity contribution in [3.05, 3.63) is 63.1 Å². The fourth-order valence-corrected chi connectivity index (χ4v) is 2.59. The summed E-state index contributed by atoms with van der Waals surface area (Å²) in [5.41, 5.74) is 5.04. The fraction of sp³-hybridized carbons (Fsp3) is 0.333. The van der Waals surface area contributed by atoms with Gasteiger partial charge in [0.25, 0.3) is 0 Å². The van der Waals surface area contributed by atoms with E-state index in [0.29, 0.717) is 12.5 Å². The van der Waals surface area contributed by atoms with Crippen LogP contribution < -0.4 is 4.74 Å². The highest BCUT2D eigenvalue weighted by molar-refractivity contribution is 9.10. The van der Waals surface area contributed by atoms with E-state index >= 15 is 0 Å². The Kier molecular flexibility index (Phi) is 4.87. The van der Waals surface area contributed by atoms with Gasteiger partial charge in [-0.2, -0.15) is 0 Å². The van der Waals surface area contributed by atoms with Crippen molar-refractivity contribution in [1.82, 2.24) is 0 Å². The van der Waals surface area contributed by atoms with E-state index in [1.807, 2.05) is 12.1 Å². The van der Waals surface area contributed by atoms with Crippen LogP contribution in [0.15, 0.2) is 40.9 Å². The third-order valence-electron chi connectivity index (χ3n) is 3.48. The molecule has 0 unspecified atom stereocenters. The topological polar surface area (TPSA) is 9.23 Å². The van der Waals surface area contributed by atoms with Gasteiger partial charge in [0, 0.05) is 4.47 Å². The van der Waals surface area contributed by atoms with E-state index in [1.165, 1.54) is 22.3 Å². The van der Waals surface area contributed by atoms with Crippen LogP contribution in [0.5, 0.6) is 5.75 Å².